The summed E-state index contributed by atoms with van der Waals surface area (Å²) in [6.45, 7) is 2.13. The van der Waals surface area contributed by atoms with Gasteiger partial charge in [-0.05, 0) is 31.7 Å². The fourth-order valence-electron chi connectivity index (χ4n) is 6.19. The van der Waals surface area contributed by atoms with E-state index in [2.05, 4.69) is 15.3 Å². The predicted octanol–water partition coefficient (Wildman–Crippen LogP) is 5.99. The smallest absolute Gasteiger partial charge is 0.237 e. The highest BCUT2D eigenvalue weighted by atomic mass is 35.5. The first-order valence-electron chi connectivity index (χ1n) is 15.7. The predicted molar refractivity (Wildman–Crippen MR) is 180 cm³/mol. The number of aliphatic hydroxyl groups excluding tert-OH is 1. The van der Waals surface area contributed by atoms with Crippen LogP contribution in [0.3, 0.4) is 0 Å². The van der Waals surface area contributed by atoms with E-state index in [0.29, 0.717) is 106 Å². The summed E-state index contributed by atoms with van der Waals surface area (Å²) < 4.78 is 16.6. The van der Waals surface area contributed by atoms with Crippen LogP contribution in [0.25, 0.3) is 33.6 Å². The molecule has 0 bridgehead atoms. The molecule has 47 heavy (non-hydrogen) atoms. The summed E-state index contributed by atoms with van der Waals surface area (Å²) in [5, 5.41) is 14.4. The zero-order valence-corrected chi connectivity index (χ0v) is 27.9. The molecule has 2 fully saturated rings. The highest BCUT2D eigenvalue weighted by Gasteiger charge is 2.27. The lowest BCUT2D eigenvalue weighted by atomic mass is 9.98. The summed E-state index contributed by atoms with van der Waals surface area (Å²) in [6, 6.07) is 11.4. The van der Waals surface area contributed by atoms with Crippen LogP contribution in [0.2, 0.25) is 10.0 Å². The molecule has 4 aromatic rings. The maximum Gasteiger partial charge on any atom is 0.237 e. The van der Waals surface area contributed by atoms with E-state index in [9.17, 15) is 9.90 Å². The van der Waals surface area contributed by atoms with Crippen LogP contribution in [-0.2, 0) is 22.5 Å². The van der Waals surface area contributed by atoms with E-state index in [1.165, 1.54) is 0 Å². The molecular formula is C35H37Cl2N5O5. The first-order valence-corrected chi connectivity index (χ1v) is 16.5. The number of aromatic nitrogens is 4. The standard InChI is InChI=1S/C35H37Cl2N5O5/c1-45-34-27(12-10-21-18-47-19-31(21)44)39-16-28(41-34)25-7-3-5-23(32(25)36)24-6-4-8-26(33(24)37)29-17-40-30(35(42-29)46-2)15-38-14-20-9-11-22(43)13-20/h3-8,16-17,20-21,31,38,44H,9-15,18-19H2,1-2H3/t20-,21-,31-/m1/s1. The van der Waals surface area contributed by atoms with Gasteiger partial charge in [-0.1, -0.05) is 59.6 Å². The number of carbonyl (C=O) groups excluding carboxylic acids is 1. The van der Waals surface area contributed by atoms with E-state index in [0.717, 1.165) is 30.5 Å². The van der Waals surface area contributed by atoms with Crippen LogP contribution in [0.4, 0.5) is 0 Å². The molecule has 3 heterocycles. The van der Waals surface area contributed by atoms with Crippen LogP contribution < -0.4 is 14.8 Å². The van der Waals surface area contributed by atoms with Crippen molar-refractivity contribution in [2.75, 3.05) is 34.0 Å². The van der Waals surface area contributed by atoms with Gasteiger partial charge in [-0.15, -0.1) is 0 Å². The minimum atomic E-state index is -0.461. The summed E-state index contributed by atoms with van der Waals surface area (Å²) in [5.74, 6) is 1.58. The second kappa shape index (κ2) is 15.0. The highest BCUT2D eigenvalue weighted by Crippen LogP contribution is 2.42. The fourth-order valence-corrected chi connectivity index (χ4v) is 6.84. The Morgan fingerprint density at radius 3 is 2.04 bits per heavy atom. The zero-order valence-electron chi connectivity index (χ0n) is 26.3. The van der Waals surface area contributed by atoms with Gasteiger partial charge in [0.2, 0.25) is 11.8 Å². The van der Waals surface area contributed by atoms with Crippen molar-refractivity contribution in [2.45, 2.75) is 44.8 Å². The average Bonchev–Trinajstić information content (AvgIpc) is 3.70. The Labute approximate surface area is 283 Å². The number of carbonyl (C=O) groups is 1. The Bertz CT molecular complexity index is 1760. The van der Waals surface area contributed by atoms with Crippen molar-refractivity contribution in [3.8, 4) is 45.4 Å². The van der Waals surface area contributed by atoms with Gasteiger partial charge in [-0.2, -0.15) is 0 Å². The quantitative estimate of drug-likeness (QED) is 0.184. The number of nitrogens with one attached hydrogen (secondary N) is 1. The van der Waals surface area contributed by atoms with Gasteiger partial charge in [0.25, 0.3) is 0 Å². The minimum absolute atomic E-state index is 0.0649. The van der Waals surface area contributed by atoms with E-state index in [-0.39, 0.29) is 5.92 Å². The number of Topliss-reactive ketones (excluding diaryl/α,β-unsaturated/α-hetero) is 1. The molecule has 246 valence electrons. The molecule has 0 spiro atoms. The molecule has 1 aliphatic heterocycles. The van der Waals surface area contributed by atoms with Gasteiger partial charge >= 0.3 is 0 Å². The summed E-state index contributed by atoms with van der Waals surface area (Å²) in [6.07, 6.45) is 6.46. The average molecular weight is 679 g/mol. The van der Waals surface area contributed by atoms with Crippen molar-refractivity contribution in [2.24, 2.45) is 11.8 Å². The van der Waals surface area contributed by atoms with Gasteiger partial charge in [0.15, 0.2) is 0 Å². The first-order chi connectivity index (χ1) is 22.9. The Hall–Kier alpha value is -3.67. The summed E-state index contributed by atoms with van der Waals surface area (Å²) >= 11 is 14.1. The molecular weight excluding hydrogens is 641 g/mol. The minimum Gasteiger partial charge on any atom is -0.480 e. The van der Waals surface area contributed by atoms with Crippen LogP contribution in [0.1, 0.15) is 37.1 Å². The topological polar surface area (TPSA) is 129 Å². The number of halogens is 2. The Morgan fingerprint density at radius 2 is 1.49 bits per heavy atom. The van der Waals surface area contributed by atoms with E-state index < -0.39 is 6.10 Å². The number of benzene rings is 2. The third kappa shape index (κ3) is 7.42. The highest BCUT2D eigenvalue weighted by molar-refractivity contribution is 6.39. The normalized spacial score (nSPS) is 19.3. The Kier molecular flexibility index (Phi) is 10.6. The number of rotatable bonds is 12. The molecule has 2 aromatic heterocycles. The maximum atomic E-state index is 11.6. The Balaban J connectivity index is 1.23. The van der Waals surface area contributed by atoms with Gasteiger partial charge in [-0.3, -0.25) is 14.8 Å². The number of ether oxygens (including phenoxy) is 3. The lowest BCUT2D eigenvalue weighted by Crippen LogP contribution is -2.22. The van der Waals surface area contributed by atoms with Crippen LogP contribution in [0.5, 0.6) is 11.8 Å². The number of hydrogen-bond acceptors (Lipinski definition) is 10. The summed E-state index contributed by atoms with van der Waals surface area (Å²) in [7, 11) is 3.13. The van der Waals surface area contributed by atoms with Crippen LogP contribution in [-0.4, -0.2) is 70.9 Å². The van der Waals surface area contributed by atoms with Crippen molar-refractivity contribution in [3.63, 3.8) is 0 Å². The molecule has 1 aliphatic carbocycles. The lowest BCUT2D eigenvalue weighted by molar-refractivity contribution is -0.117. The third-order valence-electron chi connectivity index (χ3n) is 8.84. The molecule has 2 N–H and O–H groups in total. The monoisotopic (exact) mass is 677 g/mol. The van der Waals surface area contributed by atoms with Crippen molar-refractivity contribution in [3.05, 3.63) is 70.2 Å². The summed E-state index contributed by atoms with van der Waals surface area (Å²) in [4.78, 5) is 30.3. The molecule has 1 saturated heterocycles. The third-order valence-corrected chi connectivity index (χ3v) is 9.65. The van der Waals surface area contributed by atoms with Crippen LogP contribution >= 0.6 is 23.2 Å². The first kappa shape index (κ1) is 33.2. The van der Waals surface area contributed by atoms with Gasteiger partial charge in [-0.25, -0.2) is 9.97 Å². The van der Waals surface area contributed by atoms with E-state index >= 15 is 0 Å². The van der Waals surface area contributed by atoms with Crippen molar-refractivity contribution in [1.82, 2.24) is 25.3 Å². The Morgan fingerprint density at radius 1 is 0.894 bits per heavy atom. The molecule has 2 aliphatic rings. The number of methoxy groups -OCH3 is 2. The zero-order chi connectivity index (χ0) is 32.9. The molecule has 10 nitrogen and oxygen atoms in total. The van der Waals surface area contributed by atoms with Crippen molar-refractivity contribution in [1.29, 1.82) is 0 Å². The van der Waals surface area contributed by atoms with Gasteiger partial charge < -0.3 is 24.6 Å². The second-order valence-electron chi connectivity index (χ2n) is 11.9. The number of aryl methyl sites for hydroxylation is 1. The molecule has 2 aromatic carbocycles. The molecule has 0 amide bonds. The molecule has 0 unspecified atom stereocenters. The number of hydrogen-bond donors (Lipinski definition) is 2. The second-order valence-corrected chi connectivity index (χ2v) is 12.7. The fraction of sp³-hybridized carbons (Fsp3) is 0.400. The molecule has 0 radical (unpaired) electrons. The van der Waals surface area contributed by atoms with Crippen LogP contribution in [0, 0.1) is 11.8 Å². The molecule has 3 atom stereocenters. The summed E-state index contributed by atoms with van der Waals surface area (Å²) in [5.41, 5.74) is 5.33. The number of aliphatic hydroxyl groups is 1. The van der Waals surface area contributed by atoms with Gasteiger partial charge in [0.1, 0.15) is 17.2 Å². The van der Waals surface area contributed by atoms with Crippen molar-refractivity contribution >= 4 is 29.0 Å². The van der Waals surface area contributed by atoms with Crippen molar-refractivity contribution < 1.29 is 24.1 Å². The van der Waals surface area contributed by atoms with Crippen LogP contribution in [0.15, 0.2) is 48.8 Å². The maximum absolute atomic E-state index is 11.6. The van der Waals surface area contributed by atoms with Gasteiger partial charge in [0, 0.05) is 47.6 Å². The van der Waals surface area contributed by atoms with E-state index in [1.807, 2.05) is 36.4 Å². The van der Waals surface area contributed by atoms with E-state index in [1.54, 1.807) is 26.6 Å². The molecule has 12 heteroatoms. The number of nitrogens with zero attached hydrogens (tertiary/aromatic N) is 4. The largest absolute Gasteiger partial charge is 0.480 e. The number of ketones is 1. The van der Waals surface area contributed by atoms with E-state index in [4.69, 9.17) is 47.4 Å². The van der Waals surface area contributed by atoms with Gasteiger partial charge in [0.05, 0.1) is 67.4 Å². The SMILES string of the molecule is COc1nc(-c2cccc(-c3cccc(-c4cnc(CNC[C@@H]5CCC(=O)C5)c(OC)n4)c3Cl)c2Cl)cnc1CC[C@@H]1COC[C@H]1O. The molecule has 1 saturated carbocycles. The lowest BCUT2D eigenvalue weighted by Gasteiger charge is -2.16. The molecule has 6 rings (SSSR count).